The number of hydrogen-bond acceptors (Lipinski definition) is 4. The van der Waals surface area contributed by atoms with Crippen LogP contribution in [-0.2, 0) is 26.9 Å². The molecule has 0 unspecified atom stereocenters. The molecule has 9 heteroatoms. The van der Waals surface area contributed by atoms with Gasteiger partial charge in [-0.1, -0.05) is 18.2 Å². The van der Waals surface area contributed by atoms with Crippen LogP contribution in [0.2, 0.25) is 0 Å². The lowest BCUT2D eigenvalue weighted by Gasteiger charge is -2.11. The third-order valence-corrected chi connectivity index (χ3v) is 3.79. The minimum absolute atomic E-state index is 0.131. The number of carbonyl (C=O) groups is 3. The number of alkyl halides is 3. The molecule has 2 aromatic carbocycles. The molecule has 0 bridgehead atoms. The lowest BCUT2D eigenvalue weighted by atomic mass is 10.1. The molecule has 0 saturated heterocycles. The summed E-state index contributed by atoms with van der Waals surface area (Å²) in [6.45, 7) is -0.587. The number of nitrogens with zero attached hydrogens (tertiary/aromatic N) is 1. The van der Waals surface area contributed by atoms with Crippen LogP contribution in [0.4, 0.5) is 18.9 Å². The fraction of sp³-hybridized carbons (Fsp3) is 0.250. The second-order valence-corrected chi connectivity index (χ2v) is 6.36. The first-order valence-corrected chi connectivity index (χ1v) is 8.49. The average Bonchev–Trinajstić information content (AvgIpc) is 2.66. The van der Waals surface area contributed by atoms with Gasteiger partial charge in [-0.15, -0.1) is 0 Å². The summed E-state index contributed by atoms with van der Waals surface area (Å²) in [6, 6.07) is 10.5. The van der Waals surface area contributed by atoms with Crippen LogP contribution >= 0.6 is 0 Å². The molecule has 0 radical (unpaired) electrons. The number of halogens is 3. The number of anilines is 1. The maximum Gasteiger partial charge on any atom is 0.416 e. The molecule has 0 aliphatic rings. The number of nitrogens with one attached hydrogen (secondary N) is 1. The van der Waals surface area contributed by atoms with E-state index in [2.05, 4.69) is 5.32 Å². The van der Waals surface area contributed by atoms with E-state index in [1.54, 1.807) is 14.1 Å². The SMILES string of the molecule is CN(C)C(=O)c1ccc(NC(=O)COC(=O)Cc2cccc(C(F)(F)F)c2)cc1. The number of amides is 2. The van der Waals surface area contributed by atoms with Crippen molar-refractivity contribution in [1.82, 2.24) is 4.90 Å². The zero-order valence-corrected chi connectivity index (χ0v) is 15.7. The van der Waals surface area contributed by atoms with Gasteiger partial charge in [-0.05, 0) is 35.9 Å². The zero-order valence-electron chi connectivity index (χ0n) is 15.7. The molecule has 2 amide bonds. The van der Waals surface area contributed by atoms with Crippen LogP contribution in [0.1, 0.15) is 21.5 Å². The highest BCUT2D eigenvalue weighted by molar-refractivity contribution is 5.96. The van der Waals surface area contributed by atoms with Gasteiger partial charge in [0.1, 0.15) is 0 Å². The third-order valence-electron chi connectivity index (χ3n) is 3.79. The highest BCUT2D eigenvalue weighted by Crippen LogP contribution is 2.29. The van der Waals surface area contributed by atoms with Crippen LogP contribution in [0.25, 0.3) is 0 Å². The van der Waals surface area contributed by atoms with Crippen LogP contribution in [0.3, 0.4) is 0 Å². The van der Waals surface area contributed by atoms with Crippen molar-refractivity contribution in [1.29, 1.82) is 0 Å². The zero-order chi connectivity index (χ0) is 21.6. The maximum atomic E-state index is 12.7. The van der Waals surface area contributed by atoms with Crippen molar-refractivity contribution >= 4 is 23.5 Å². The topological polar surface area (TPSA) is 75.7 Å². The molecule has 0 atom stereocenters. The largest absolute Gasteiger partial charge is 0.455 e. The van der Waals surface area contributed by atoms with Crippen molar-refractivity contribution in [2.75, 3.05) is 26.0 Å². The van der Waals surface area contributed by atoms with E-state index in [0.717, 1.165) is 12.1 Å². The van der Waals surface area contributed by atoms with Crippen molar-refractivity contribution in [3.8, 4) is 0 Å². The summed E-state index contributed by atoms with van der Waals surface area (Å²) in [4.78, 5) is 36.9. The van der Waals surface area contributed by atoms with Gasteiger partial charge in [-0.2, -0.15) is 13.2 Å². The average molecular weight is 408 g/mol. The van der Waals surface area contributed by atoms with Crippen molar-refractivity contribution in [3.05, 3.63) is 65.2 Å². The highest BCUT2D eigenvalue weighted by Gasteiger charge is 2.30. The molecular formula is C20H19F3N2O4. The molecule has 154 valence electrons. The van der Waals surface area contributed by atoms with Crippen LogP contribution in [0, 0.1) is 0 Å². The van der Waals surface area contributed by atoms with Gasteiger partial charge >= 0.3 is 12.1 Å². The maximum absolute atomic E-state index is 12.7. The van der Waals surface area contributed by atoms with Gasteiger partial charge in [0.15, 0.2) is 6.61 Å². The van der Waals surface area contributed by atoms with Crippen molar-refractivity contribution in [2.45, 2.75) is 12.6 Å². The molecule has 2 rings (SSSR count). The Balaban J connectivity index is 1.85. The van der Waals surface area contributed by atoms with Gasteiger partial charge < -0.3 is 15.0 Å². The van der Waals surface area contributed by atoms with Crippen molar-refractivity contribution in [2.24, 2.45) is 0 Å². The standard InChI is InChI=1S/C20H19F3N2O4/c1-25(2)19(28)14-6-8-16(9-7-14)24-17(26)12-29-18(27)11-13-4-3-5-15(10-13)20(21,22)23/h3-10H,11-12H2,1-2H3,(H,24,26). The minimum Gasteiger partial charge on any atom is -0.455 e. The van der Waals surface area contributed by atoms with E-state index in [0.29, 0.717) is 11.3 Å². The number of esters is 1. The molecule has 0 spiro atoms. The number of hydrogen-bond donors (Lipinski definition) is 1. The van der Waals surface area contributed by atoms with Gasteiger partial charge in [0, 0.05) is 25.3 Å². The molecule has 0 saturated carbocycles. The van der Waals surface area contributed by atoms with Crippen LogP contribution in [0.15, 0.2) is 48.5 Å². The fourth-order valence-corrected chi connectivity index (χ4v) is 2.37. The first-order chi connectivity index (χ1) is 13.6. The lowest BCUT2D eigenvalue weighted by Crippen LogP contribution is -2.22. The Kier molecular flexibility index (Phi) is 6.98. The monoisotopic (exact) mass is 408 g/mol. The third kappa shape index (κ3) is 6.63. The number of carbonyl (C=O) groups excluding carboxylic acids is 3. The first-order valence-electron chi connectivity index (χ1n) is 8.49. The second kappa shape index (κ2) is 9.22. The van der Waals surface area contributed by atoms with Gasteiger partial charge in [0.25, 0.3) is 11.8 Å². The Labute approximate surface area is 165 Å². The van der Waals surface area contributed by atoms with Gasteiger partial charge in [0.05, 0.1) is 12.0 Å². The Morgan fingerprint density at radius 3 is 2.28 bits per heavy atom. The quantitative estimate of drug-likeness (QED) is 0.746. The summed E-state index contributed by atoms with van der Waals surface area (Å²) < 4.78 is 42.9. The van der Waals surface area contributed by atoms with E-state index < -0.39 is 36.6 Å². The van der Waals surface area contributed by atoms with Crippen molar-refractivity contribution in [3.63, 3.8) is 0 Å². The Morgan fingerprint density at radius 1 is 1.03 bits per heavy atom. The van der Waals surface area contributed by atoms with Gasteiger partial charge in [-0.3, -0.25) is 14.4 Å². The molecule has 0 heterocycles. The first kappa shape index (κ1) is 21.9. The Morgan fingerprint density at radius 2 is 1.69 bits per heavy atom. The Hall–Kier alpha value is -3.36. The predicted octanol–water partition coefficient (Wildman–Crippen LogP) is 3.13. The summed E-state index contributed by atoms with van der Waals surface area (Å²) in [5.74, 6) is -1.63. The molecule has 0 aromatic heterocycles. The minimum atomic E-state index is -4.51. The molecular weight excluding hydrogens is 389 g/mol. The van der Waals surface area contributed by atoms with E-state index in [9.17, 15) is 27.6 Å². The van der Waals surface area contributed by atoms with Crippen LogP contribution < -0.4 is 5.32 Å². The van der Waals surface area contributed by atoms with Gasteiger partial charge in [-0.25, -0.2) is 0 Å². The second-order valence-electron chi connectivity index (χ2n) is 6.36. The molecule has 29 heavy (non-hydrogen) atoms. The number of benzene rings is 2. The lowest BCUT2D eigenvalue weighted by molar-refractivity contribution is -0.146. The summed E-state index contributed by atoms with van der Waals surface area (Å²) >= 11 is 0. The summed E-state index contributed by atoms with van der Waals surface area (Å²) in [7, 11) is 3.23. The molecule has 0 aliphatic carbocycles. The number of ether oxygens (including phenoxy) is 1. The Bertz CT molecular complexity index is 893. The van der Waals surface area contributed by atoms with E-state index >= 15 is 0 Å². The van der Waals surface area contributed by atoms with Crippen LogP contribution in [0.5, 0.6) is 0 Å². The van der Waals surface area contributed by atoms with Crippen molar-refractivity contribution < 1.29 is 32.3 Å². The summed E-state index contributed by atoms with van der Waals surface area (Å²) in [5, 5.41) is 2.50. The number of rotatable bonds is 6. The van der Waals surface area contributed by atoms with E-state index in [-0.39, 0.29) is 11.5 Å². The summed E-state index contributed by atoms with van der Waals surface area (Å²) in [6.07, 6.45) is -4.90. The van der Waals surface area contributed by atoms with E-state index in [1.165, 1.54) is 41.3 Å². The summed E-state index contributed by atoms with van der Waals surface area (Å²) in [5.41, 5.74) is 0.114. The smallest absolute Gasteiger partial charge is 0.416 e. The molecule has 2 aromatic rings. The fourth-order valence-electron chi connectivity index (χ4n) is 2.37. The van der Waals surface area contributed by atoms with Gasteiger partial charge in [0.2, 0.25) is 0 Å². The van der Waals surface area contributed by atoms with E-state index in [1.807, 2.05) is 0 Å². The molecule has 6 nitrogen and oxygen atoms in total. The normalized spacial score (nSPS) is 10.9. The molecule has 0 aliphatic heterocycles. The highest BCUT2D eigenvalue weighted by atomic mass is 19.4. The van der Waals surface area contributed by atoms with Crippen LogP contribution in [-0.4, -0.2) is 43.4 Å². The molecule has 0 fully saturated rings. The van der Waals surface area contributed by atoms with E-state index in [4.69, 9.17) is 4.74 Å². The predicted molar refractivity (Wildman–Crippen MR) is 99.2 cm³/mol. The molecule has 1 N–H and O–H groups in total.